The SMILES string of the molecule is COc1cccc(OC)c1C(=O)Nc1cccc(SC(C)C(=O)Nc2cccc3ccccc23)c1. The van der Waals surface area contributed by atoms with Crippen molar-refractivity contribution in [2.75, 3.05) is 24.9 Å². The monoisotopic (exact) mass is 486 g/mol. The Morgan fingerprint density at radius 1 is 0.800 bits per heavy atom. The van der Waals surface area contributed by atoms with Crippen molar-refractivity contribution in [2.24, 2.45) is 0 Å². The highest BCUT2D eigenvalue weighted by Crippen LogP contribution is 2.31. The molecule has 0 saturated heterocycles. The molecule has 0 aliphatic rings. The average Bonchev–Trinajstić information content (AvgIpc) is 2.88. The highest BCUT2D eigenvalue weighted by Gasteiger charge is 2.19. The van der Waals surface area contributed by atoms with Crippen molar-refractivity contribution in [2.45, 2.75) is 17.1 Å². The van der Waals surface area contributed by atoms with Gasteiger partial charge in [0.25, 0.3) is 5.91 Å². The molecule has 2 N–H and O–H groups in total. The Morgan fingerprint density at radius 3 is 2.20 bits per heavy atom. The van der Waals surface area contributed by atoms with E-state index in [1.807, 2.05) is 67.6 Å². The number of rotatable bonds is 8. The van der Waals surface area contributed by atoms with Gasteiger partial charge in [-0.25, -0.2) is 0 Å². The largest absolute Gasteiger partial charge is 0.496 e. The fourth-order valence-electron chi connectivity index (χ4n) is 3.74. The van der Waals surface area contributed by atoms with Crippen molar-refractivity contribution in [3.63, 3.8) is 0 Å². The molecule has 4 aromatic rings. The van der Waals surface area contributed by atoms with E-state index in [9.17, 15) is 9.59 Å². The summed E-state index contributed by atoms with van der Waals surface area (Å²) in [6.45, 7) is 1.86. The molecule has 0 bridgehead atoms. The first-order valence-corrected chi connectivity index (χ1v) is 12.0. The highest BCUT2D eigenvalue weighted by molar-refractivity contribution is 8.00. The number of hydrogen-bond acceptors (Lipinski definition) is 5. The third kappa shape index (κ3) is 5.58. The first-order valence-electron chi connectivity index (χ1n) is 11.1. The molecule has 1 atom stereocenters. The van der Waals surface area contributed by atoms with E-state index in [0.29, 0.717) is 22.7 Å². The maximum Gasteiger partial charge on any atom is 0.263 e. The normalized spacial score (nSPS) is 11.5. The van der Waals surface area contributed by atoms with Crippen molar-refractivity contribution in [1.29, 1.82) is 0 Å². The molecule has 35 heavy (non-hydrogen) atoms. The lowest BCUT2D eigenvalue weighted by Gasteiger charge is -2.15. The number of anilines is 2. The van der Waals surface area contributed by atoms with Gasteiger partial charge in [0, 0.05) is 21.7 Å². The van der Waals surface area contributed by atoms with Crippen LogP contribution >= 0.6 is 11.8 Å². The molecule has 0 saturated carbocycles. The Balaban J connectivity index is 1.46. The van der Waals surface area contributed by atoms with Gasteiger partial charge in [0.05, 0.1) is 19.5 Å². The predicted molar refractivity (Wildman–Crippen MR) is 142 cm³/mol. The number of hydrogen-bond donors (Lipinski definition) is 2. The molecule has 178 valence electrons. The Morgan fingerprint density at radius 2 is 1.46 bits per heavy atom. The van der Waals surface area contributed by atoms with Crippen LogP contribution in [0.25, 0.3) is 10.8 Å². The average molecular weight is 487 g/mol. The zero-order chi connectivity index (χ0) is 24.8. The molecule has 0 spiro atoms. The Labute approximate surface area is 208 Å². The molecule has 4 rings (SSSR count). The Kier molecular flexibility index (Phi) is 7.57. The molecule has 4 aromatic carbocycles. The second kappa shape index (κ2) is 11.0. The number of carbonyl (C=O) groups excluding carboxylic acids is 2. The summed E-state index contributed by atoms with van der Waals surface area (Å²) in [6, 6.07) is 26.3. The molecule has 0 fully saturated rings. The summed E-state index contributed by atoms with van der Waals surface area (Å²) in [5.74, 6) is 0.403. The van der Waals surface area contributed by atoms with Crippen molar-refractivity contribution < 1.29 is 19.1 Å². The second-order valence-electron chi connectivity index (χ2n) is 7.80. The number of nitrogens with one attached hydrogen (secondary N) is 2. The lowest BCUT2D eigenvalue weighted by Crippen LogP contribution is -2.22. The maximum absolute atomic E-state index is 13.0. The van der Waals surface area contributed by atoms with Gasteiger partial charge in [-0.05, 0) is 48.7 Å². The molecule has 6 nitrogen and oxygen atoms in total. The lowest BCUT2D eigenvalue weighted by molar-refractivity contribution is -0.115. The number of benzene rings is 4. The molecule has 0 aliphatic carbocycles. The van der Waals surface area contributed by atoms with Crippen LogP contribution < -0.4 is 20.1 Å². The summed E-state index contributed by atoms with van der Waals surface area (Å²) < 4.78 is 10.7. The van der Waals surface area contributed by atoms with E-state index in [1.165, 1.54) is 26.0 Å². The maximum atomic E-state index is 13.0. The van der Waals surface area contributed by atoms with E-state index in [4.69, 9.17) is 9.47 Å². The summed E-state index contributed by atoms with van der Waals surface area (Å²) in [5.41, 5.74) is 1.71. The summed E-state index contributed by atoms with van der Waals surface area (Å²) in [7, 11) is 3.01. The molecule has 0 radical (unpaired) electrons. The van der Waals surface area contributed by atoms with Crippen LogP contribution in [0.5, 0.6) is 11.5 Å². The molecule has 0 aromatic heterocycles. The Bertz CT molecular complexity index is 1340. The fourth-order valence-corrected chi connectivity index (χ4v) is 4.67. The van der Waals surface area contributed by atoms with Gasteiger partial charge >= 0.3 is 0 Å². The van der Waals surface area contributed by atoms with Gasteiger partial charge in [-0.3, -0.25) is 9.59 Å². The van der Waals surface area contributed by atoms with Gasteiger partial charge in [0.15, 0.2) is 0 Å². The molecular weight excluding hydrogens is 460 g/mol. The predicted octanol–water partition coefficient (Wildman–Crippen LogP) is 6.23. The van der Waals surface area contributed by atoms with E-state index in [1.54, 1.807) is 24.3 Å². The van der Waals surface area contributed by atoms with Crippen molar-refractivity contribution >= 4 is 45.7 Å². The van der Waals surface area contributed by atoms with Crippen LogP contribution in [-0.4, -0.2) is 31.3 Å². The zero-order valence-electron chi connectivity index (χ0n) is 19.7. The lowest BCUT2D eigenvalue weighted by atomic mass is 10.1. The first-order chi connectivity index (χ1) is 17.0. The minimum absolute atomic E-state index is 0.0976. The summed E-state index contributed by atoms with van der Waals surface area (Å²) in [6.07, 6.45) is 0. The number of carbonyl (C=O) groups is 2. The summed E-state index contributed by atoms with van der Waals surface area (Å²) >= 11 is 1.42. The summed E-state index contributed by atoms with van der Waals surface area (Å²) in [4.78, 5) is 26.8. The molecule has 0 aliphatic heterocycles. The van der Waals surface area contributed by atoms with Gasteiger partial charge < -0.3 is 20.1 Å². The zero-order valence-corrected chi connectivity index (χ0v) is 20.5. The van der Waals surface area contributed by atoms with Gasteiger partial charge in [-0.2, -0.15) is 0 Å². The first kappa shape index (κ1) is 24.2. The third-order valence-corrected chi connectivity index (χ3v) is 6.57. The quantitative estimate of drug-likeness (QED) is 0.289. The van der Waals surface area contributed by atoms with Crippen molar-refractivity contribution in [1.82, 2.24) is 0 Å². The standard InChI is InChI=1S/C28H26N2O4S/c1-18(27(31)30-23-14-6-10-19-9-4-5-13-22(19)23)35-21-12-7-11-20(17-21)29-28(32)26-24(33-2)15-8-16-25(26)34-3/h4-18H,1-3H3,(H,29,32)(H,30,31). The number of fused-ring (bicyclic) bond motifs is 1. The number of ether oxygens (including phenoxy) is 2. The van der Waals surface area contributed by atoms with Crippen LogP contribution in [0.4, 0.5) is 11.4 Å². The van der Waals surface area contributed by atoms with E-state index >= 15 is 0 Å². The van der Waals surface area contributed by atoms with Gasteiger partial charge in [0.2, 0.25) is 5.91 Å². The van der Waals surface area contributed by atoms with Crippen LogP contribution in [-0.2, 0) is 4.79 Å². The van der Waals surface area contributed by atoms with Gasteiger partial charge in [-0.1, -0.05) is 48.5 Å². The van der Waals surface area contributed by atoms with Gasteiger partial charge in [0.1, 0.15) is 17.1 Å². The van der Waals surface area contributed by atoms with Crippen LogP contribution in [0.1, 0.15) is 17.3 Å². The molecule has 1 unspecified atom stereocenters. The molecule has 7 heteroatoms. The van der Waals surface area contributed by atoms with Crippen LogP contribution in [0, 0.1) is 0 Å². The Hall–Kier alpha value is -3.97. The number of amides is 2. The van der Waals surface area contributed by atoms with Crippen LogP contribution in [0.15, 0.2) is 89.8 Å². The third-order valence-electron chi connectivity index (χ3n) is 5.48. The molecule has 0 heterocycles. The van der Waals surface area contributed by atoms with Crippen LogP contribution in [0.3, 0.4) is 0 Å². The topological polar surface area (TPSA) is 76.7 Å². The van der Waals surface area contributed by atoms with E-state index in [2.05, 4.69) is 10.6 Å². The fraction of sp³-hybridized carbons (Fsp3) is 0.143. The number of thioether (sulfide) groups is 1. The molecule has 2 amide bonds. The minimum Gasteiger partial charge on any atom is -0.496 e. The van der Waals surface area contributed by atoms with E-state index < -0.39 is 0 Å². The number of methoxy groups -OCH3 is 2. The van der Waals surface area contributed by atoms with Crippen LogP contribution in [0.2, 0.25) is 0 Å². The van der Waals surface area contributed by atoms with Crippen molar-refractivity contribution in [3.05, 3.63) is 90.5 Å². The van der Waals surface area contributed by atoms with Gasteiger partial charge in [-0.15, -0.1) is 11.8 Å². The molecular formula is C28H26N2O4S. The highest BCUT2D eigenvalue weighted by atomic mass is 32.2. The van der Waals surface area contributed by atoms with E-state index in [-0.39, 0.29) is 17.1 Å². The van der Waals surface area contributed by atoms with E-state index in [0.717, 1.165) is 21.4 Å². The summed E-state index contributed by atoms with van der Waals surface area (Å²) in [5, 5.41) is 7.65. The second-order valence-corrected chi connectivity index (χ2v) is 9.21. The smallest absolute Gasteiger partial charge is 0.263 e. The van der Waals surface area contributed by atoms with Crippen molar-refractivity contribution in [3.8, 4) is 11.5 Å². The minimum atomic E-state index is -0.353.